The molecule has 0 unspecified atom stereocenters. The first-order valence-electron chi connectivity index (χ1n) is 8.52. The Bertz CT molecular complexity index is 841. The number of nitrogens with zero attached hydrogens (tertiary/aromatic N) is 1. The summed E-state index contributed by atoms with van der Waals surface area (Å²) in [6.45, 7) is 0.899. The van der Waals surface area contributed by atoms with Gasteiger partial charge in [-0.15, -0.1) is 0 Å². The summed E-state index contributed by atoms with van der Waals surface area (Å²) in [6, 6.07) is 11.6. The number of aliphatic imine (C=N–C) groups is 1. The molecule has 3 N–H and O–H groups in total. The molecule has 1 aliphatic heterocycles. The number of fused-ring (bicyclic) bond motifs is 1. The molecular formula is C19H21FN4O3. The average Bonchev–Trinajstić information content (AvgIpc) is 3.12. The molecule has 8 heteroatoms. The Balaban J connectivity index is 1.41. The Morgan fingerprint density at radius 2 is 2.00 bits per heavy atom. The molecule has 0 saturated carbocycles. The summed E-state index contributed by atoms with van der Waals surface area (Å²) in [5, 5.41) is 8.68. The molecule has 1 amide bonds. The molecule has 3 rings (SSSR count). The van der Waals surface area contributed by atoms with E-state index in [1.165, 1.54) is 18.2 Å². The van der Waals surface area contributed by atoms with Crippen molar-refractivity contribution in [2.45, 2.75) is 6.42 Å². The van der Waals surface area contributed by atoms with E-state index in [2.05, 4.69) is 20.9 Å². The van der Waals surface area contributed by atoms with Gasteiger partial charge in [-0.3, -0.25) is 9.79 Å². The van der Waals surface area contributed by atoms with Gasteiger partial charge < -0.3 is 25.4 Å². The summed E-state index contributed by atoms with van der Waals surface area (Å²) in [5.41, 5.74) is 1.51. The van der Waals surface area contributed by atoms with Gasteiger partial charge in [0.2, 0.25) is 12.7 Å². The van der Waals surface area contributed by atoms with Gasteiger partial charge in [0, 0.05) is 19.3 Å². The smallest absolute Gasteiger partial charge is 0.243 e. The van der Waals surface area contributed by atoms with E-state index in [-0.39, 0.29) is 19.2 Å². The average molecular weight is 372 g/mol. The van der Waals surface area contributed by atoms with Gasteiger partial charge in [0.05, 0.1) is 6.54 Å². The van der Waals surface area contributed by atoms with E-state index < -0.39 is 5.82 Å². The van der Waals surface area contributed by atoms with Crippen LogP contribution in [0.1, 0.15) is 5.56 Å². The number of hydrogen-bond acceptors (Lipinski definition) is 4. The maximum Gasteiger partial charge on any atom is 0.243 e. The van der Waals surface area contributed by atoms with Crippen LogP contribution in [-0.4, -0.2) is 38.8 Å². The molecule has 0 atom stereocenters. The molecule has 0 radical (unpaired) electrons. The van der Waals surface area contributed by atoms with Crippen LogP contribution in [0.3, 0.4) is 0 Å². The van der Waals surface area contributed by atoms with E-state index in [9.17, 15) is 9.18 Å². The Morgan fingerprint density at radius 1 is 1.15 bits per heavy atom. The minimum Gasteiger partial charge on any atom is -0.454 e. The summed E-state index contributed by atoms with van der Waals surface area (Å²) in [4.78, 5) is 16.0. The van der Waals surface area contributed by atoms with Gasteiger partial charge in [0.15, 0.2) is 17.5 Å². The highest BCUT2D eigenvalue weighted by molar-refractivity contribution is 5.94. The van der Waals surface area contributed by atoms with E-state index in [0.717, 1.165) is 23.5 Å². The van der Waals surface area contributed by atoms with Gasteiger partial charge >= 0.3 is 0 Å². The number of halogens is 1. The Kier molecular flexibility index (Phi) is 6.09. The SMILES string of the molecule is CN=C(NCCc1ccc2c(c1)OCO2)NCC(=O)Nc1cccc(F)c1. The van der Waals surface area contributed by atoms with E-state index >= 15 is 0 Å². The van der Waals surface area contributed by atoms with E-state index in [1.807, 2.05) is 18.2 Å². The number of anilines is 1. The molecule has 1 heterocycles. The molecule has 7 nitrogen and oxygen atoms in total. The highest BCUT2D eigenvalue weighted by Crippen LogP contribution is 2.32. The lowest BCUT2D eigenvalue weighted by atomic mass is 10.1. The third-order valence-corrected chi connectivity index (χ3v) is 3.89. The number of carbonyl (C=O) groups excluding carboxylic acids is 1. The summed E-state index contributed by atoms with van der Waals surface area (Å²) in [5.74, 6) is 1.32. The molecule has 2 aromatic carbocycles. The van der Waals surface area contributed by atoms with Gasteiger partial charge in [-0.1, -0.05) is 12.1 Å². The third-order valence-electron chi connectivity index (χ3n) is 3.89. The largest absolute Gasteiger partial charge is 0.454 e. The standard InChI is InChI=1S/C19H21FN4O3/c1-21-19(23-11-18(25)24-15-4-2-3-14(20)10-15)22-8-7-13-5-6-16-17(9-13)27-12-26-16/h2-6,9-10H,7-8,11-12H2,1H3,(H,24,25)(H2,21,22,23). The monoisotopic (exact) mass is 372 g/mol. The number of benzene rings is 2. The first-order chi connectivity index (χ1) is 13.1. The second-order valence-electron chi connectivity index (χ2n) is 5.85. The maximum atomic E-state index is 13.1. The van der Waals surface area contributed by atoms with E-state index in [0.29, 0.717) is 18.2 Å². The number of amides is 1. The van der Waals surface area contributed by atoms with Crippen LogP contribution >= 0.6 is 0 Å². The lowest BCUT2D eigenvalue weighted by Crippen LogP contribution is -2.42. The molecular weight excluding hydrogens is 351 g/mol. The zero-order valence-corrected chi connectivity index (χ0v) is 14.9. The topological polar surface area (TPSA) is 84.0 Å². The highest BCUT2D eigenvalue weighted by Gasteiger charge is 2.13. The normalized spacial score (nSPS) is 12.6. The summed E-state index contributed by atoms with van der Waals surface area (Å²) >= 11 is 0. The second-order valence-corrected chi connectivity index (χ2v) is 5.85. The fourth-order valence-electron chi connectivity index (χ4n) is 2.58. The minimum absolute atomic E-state index is 0.0141. The Hall–Kier alpha value is -3.29. The van der Waals surface area contributed by atoms with Crippen molar-refractivity contribution in [3.8, 4) is 11.5 Å². The minimum atomic E-state index is -0.401. The molecule has 27 heavy (non-hydrogen) atoms. The number of rotatable bonds is 6. The van der Waals surface area contributed by atoms with Crippen LogP contribution in [0.2, 0.25) is 0 Å². The van der Waals surface area contributed by atoms with Crippen molar-refractivity contribution in [1.82, 2.24) is 10.6 Å². The number of carbonyl (C=O) groups is 1. The molecule has 2 aromatic rings. The van der Waals surface area contributed by atoms with Crippen molar-refractivity contribution in [1.29, 1.82) is 0 Å². The number of nitrogens with one attached hydrogen (secondary N) is 3. The molecule has 0 aromatic heterocycles. The van der Waals surface area contributed by atoms with Crippen LogP contribution in [0.15, 0.2) is 47.5 Å². The summed E-state index contributed by atoms with van der Waals surface area (Å²) in [6.07, 6.45) is 0.757. The van der Waals surface area contributed by atoms with E-state index in [1.54, 1.807) is 13.1 Å². The van der Waals surface area contributed by atoms with Crippen molar-refractivity contribution < 1.29 is 18.7 Å². The number of guanidine groups is 1. The fourth-order valence-corrected chi connectivity index (χ4v) is 2.58. The van der Waals surface area contributed by atoms with Crippen LogP contribution in [-0.2, 0) is 11.2 Å². The molecule has 0 saturated heterocycles. The molecule has 0 spiro atoms. The number of hydrogen-bond donors (Lipinski definition) is 3. The molecule has 0 aliphatic carbocycles. The lowest BCUT2D eigenvalue weighted by Gasteiger charge is -2.12. The molecule has 1 aliphatic rings. The van der Waals surface area contributed by atoms with Crippen molar-refractivity contribution >= 4 is 17.6 Å². The second kappa shape index (κ2) is 8.88. The number of ether oxygens (including phenoxy) is 2. The first kappa shape index (κ1) is 18.5. The van der Waals surface area contributed by atoms with Gasteiger partial charge in [0.25, 0.3) is 0 Å². The molecule has 142 valence electrons. The van der Waals surface area contributed by atoms with Crippen LogP contribution in [0, 0.1) is 5.82 Å². The third kappa shape index (κ3) is 5.34. The first-order valence-corrected chi connectivity index (χ1v) is 8.52. The van der Waals surface area contributed by atoms with Crippen LogP contribution < -0.4 is 25.4 Å². The van der Waals surface area contributed by atoms with Crippen LogP contribution in [0.4, 0.5) is 10.1 Å². The highest BCUT2D eigenvalue weighted by atomic mass is 19.1. The van der Waals surface area contributed by atoms with Crippen LogP contribution in [0.5, 0.6) is 11.5 Å². The zero-order chi connectivity index (χ0) is 19.1. The summed E-state index contributed by atoms with van der Waals surface area (Å²) < 4.78 is 23.8. The van der Waals surface area contributed by atoms with Crippen molar-refractivity contribution in [2.75, 3.05) is 32.2 Å². The quantitative estimate of drug-likeness (QED) is 0.533. The Labute approximate surface area is 156 Å². The lowest BCUT2D eigenvalue weighted by molar-refractivity contribution is -0.115. The van der Waals surface area contributed by atoms with Crippen molar-refractivity contribution in [3.05, 3.63) is 53.8 Å². The van der Waals surface area contributed by atoms with Gasteiger partial charge in [-0.05, 0) is 42.3 Å². The van der Waals surface area contributed by atoms with Gasteiger partial charge in [0.1, 0.15) is 5.82 Å². The predicted molar refractivity (Wildman–Crippen MR) is 101 cm³/mol. The van der Waals surface area contributed by atoms with Gasteiger partial charge in [-0.25, -0.2) is 4.39 Å². The van der Waals surface area contributed by atoms with Crippen molar-refractivity contribution in [2.24, 2.45) is 4.99 Å². The Morgan fingerprint density at radius 3 is 2.81 bits per heavy atom. The van der Waals surface area contributed by atoms with Gasteiger partial charge in [-0.2, -0.15) is 0 Å². The molecule has 0 fully saturated rings. The van der Waals surface area contributed by atoms with Crippen molar-refractivity contribution in [3.63, 3.8) is 0 Å². The summed E-state index contributed by atoms with van der Waals surface area (Å²) in [7, 11) is 1.63. The molecule has 0 bridgehead atoms. The maximum absolute atomic E-state index is 13.1. The predicted octanol–water partition coefficient (Wildman–Crippen LogP) is 1.90. The van der Waals surface area contributed by atoms with E-state index in [4.69, 9.17) is 9.47 Å². The fraction of sp³-hybridized carbons (Fsp3) is 0.263. The van der Waals surface area contributed by atoms with Crippen LogP contribution in [0.25, 0.3) is 0 Å². The zero-order valence-electron chi connectivity index (χ0n) is 14.9.